The van der Waals surface area contributed by atoms with Crippen LogP contribution in [0.5, 0.6) is 0 Å². The maximum atomic E-state index is 5.07. The van der Waals surface area contributed by atoms with E-state index in [1.54, 1.807) is 13.4 Å². The summed E-state index contributed by atoms with van der Waals surface area (Å²) in [6.07, 6.45) is 4.22. The molecule has 5 heteroatoms. The number of hydrogen-bond acceptors (Lipinski definition) is 4. The minimum absolute atomic E-state index is 0.435. The third kappa shape index (κ3) is 2.18. The molecule has 0 saturated carbocycles. The van der Waals surface area contributed by atoms with Crippen LogP contribution in [0.2, 0.25) is 0 Å². The van der Waals surface area contributed by atoms with Crippen LogP contribution in [0.4, 0.5) is 0 Å². The van der Waals surface area contributed by atoms with Gasteiger partial charge in [0.15, 0.2) is 0 Å². The first-order valence-corrected chi connectivity index (χ1v) is 5.40. The summed E-state index contributed by atoms with van der Waals surface area (Å²) in [4.78, 5) is 2.34. The lowest BCUT2D eigenvalue weighted by Gasteiger charge is -2.19. The van der Waals surface area contributed by atoms with E-state index < -0.39 is 0 Å². The molecule has 1 aliphatic rings. The second-order valence-corrected chi connectivity index (χ2v) is 4.01. The number of hydrogen-bond donors (Lipinski definition) is 0. The van der Waals surface area contributed by atoms with Crippen LogP contribution in [0.3, 0.4) is 0 Å². The Morgan fingerprint density at radius 1 is 1.60 bits per heavy atom. The summed E-state index contributed by atoms with van der Waals surface area (Å²) in [5.41, 5.74) is 0. The van der Waals surface area contributed by atoms with E-state index in [0.717, 1.165) is 18.9 Å². The quantitative estimate of drug-likeness (QED) is 0.733. The van der Waals surface area contributed by atoms with E-state index in [1.807, 2.05) is 0 Å². The first-order chi connectivity index (χ1) is 7.33. The molecule has 2 heterocycles. The zero-order valence-electron chi connectivity index (χ0n) is 9.39. The highest BCUT2D eigenvalue weighted by molar-refractivity contribution is 4.98. The molecule has 1 fully saturated rings. The smallest absolute Gasteiger partial charge is 0.150 e. The molecule has 0 spiro atoms. The molecule has 0 aromatic carbocycles. The lowest BCUT2D eigenvalue weighted by atomic mass is 10.2. The van der Waals surface area contributed by atoms with Gasteiger partial charge in [-0.25, -0.2) is 0 Å². The van der Waals surface area contributed by atoms with Gasteiger partial charge in [0.05, 0.1) is 12.6 Å². The number of ether oxygens (including phenoxy) is 1. The van der Waals surface area contributed by atoms with Crippen molar-refractivity contribution >= 4 is 0 Å². The molecule has 84 valence electrons. The zero-order chi connectivity index (χ0) is 10.7. The van der Waals surface area contributed by atoms with Gasteiger partial charge in [-0.15, -0.1) is 10.2 Å². The van der Waals surface area contributed by atoms with Crippen LogP contribution in [0.15, 0.2) is 6.33 Å². The summed E-state index contributed by atoms with van der Waals surface area (Å²) in [6.45, 7) is 2.70. The van der Waals surface area contributed by atoms with Crippen LogP contribution < -0.4 is 0 Å². The molecule has 1 saturated heterocycles. The summed E-state index contributed by atoms with van der Waals surface area (Å²) in [7, 11) is 3.86. The van der Waals surface area contributed by atoms with Gasteiger partial charge in [0, 0.05) is 13.7 Å². The molecule has 1 unspecified atom stereocenters. The van der Waals surface area contributed by atoms with Gasteiger partial charge in [0.25, 0.3) is 0 Å². The van der Waals surface area contributed by atoms with Crippen LogP contribution in [-0.4, -0.2) is 47.0 Å². The fraction of sp³-hybridized carbons (Fsp3) is 0.800. The number of methoxy groups -OCH3 is 1. The minimum Gasteiger partial charge on any atom is -0.383 e. The normalized spacial score (nSPS) is 22.4. The fourth-order valence-electron chi connectivity index (χ4n) is 2.12. The topological polar surface area (TPSA) is 43.2 Å². The first kappa shape index (κ1) is 10.6. The largest absolute Gasteiger partial charge is 0.383 e. The molecule has 0 N–H and O–H groups in total. The number of likely N-dealkylation sites (tertiary alicyclic amines) is 1. The average molecular weight is 210 g/mol. The Bertz CT molecular complexity index is 312. The summed E-state index contributed by atoms with van der Waals surface area (Å²) < 4.78 is 7.16. The summed E-state index contributed by atoms with van der Waals surface area (Å²) in [6, 6.07) is 0.435. The van der Waals surface area contributed by atoms with E-state index in [1.165, 1.54) is 12.8 Å². The molecule has 0 radical (unpaired) electrons. The number of rotatable bonds is 4. The Morgan fingerprint density at radius 3 is 3.13 bits per heavy atom. The third-order valence-electron chi connectivity index (χ3n) is 3.00. The molecule has 0 aliphatic carbocycles. The van der Waals surface area contributed by atoms with Crippen molar-refractivity contribution in [3.8, 4) is 0 Å². The molecule has 15 heavy (non-hydrogen) atoms. The monoisotopic (exact) mass is 210 g/mol. The van der Waals surface area contributed by atoms with Crippen molar-refractivity contribution in [2.45, 2.75) is 25.4 Å². The van der Waals surface area contributed by atoms with Gasteiger partial charge in [-0.2, -0.15) is 0 Å². The zero-order valence-corrected chi connectivity index (χ0v) is 9.39. The molecule has 0 amide bonds. The lowest BCUT2D eigenvalue weighted by Crippen LogP contribution is -2.21. The summed E-state index contributed by atoms with van der Waals surface area (Å²) in [5.74, 6) is 1.08. The van der Waals surface area contributed by atoms with E-state index in [2.05, 4.69) is 26.7 Å². The molecule has 1 aliphatic heterocycles. The van der Waals surface area contributed by atoms with E-state index in [-0.39, 0.29) is 0 Å². The van der Waals surface area contributed by atoms with Gasteiger partial charge in [-0.05, 0) is 26.4 Å². The van der Waals surface area contributed by atoms with Crippen LogP contribution in [-0.2, 0) is 11.3 Å². The van der Waals surface area contributed by atoms with Crippen LogP contribution in [0.1, 0.15) is 24.7 Å². The second-order valence-electron chi connectivity index (χ2n) is 4.01. The third-order valence-corrected chi connectivity index (χ3v) is 3.00. The lowest BCUT2D eigenvalue weighted by molar-refractivity contribution is 0.183. The average Bonchev–Trinajstić information content (AvgIpc) is 2.82. The Hall–Kier alpha value is -0.940. The Balaban J connectivity index is 2.09. The maximum absolute atomic E-state index is 5.07. The number of nitrogens with zero attached hydrogens (tertiary/aromatic N) is 4. The van der Waals surface area contributed by atoms with E-state index in [4.69, 9.17) is 4.74 Å². The maximum Gasteiger partial charge on any atom is 0.150 e. The van der Waals surface area contributed by atoms with Crippen LogP contribution >= 0.6 is 0 Å². The van der Waals surface area contributed by atoms with Crippen molar-refractivity contribution in [1.29, 1.82) is 0 Å². The highest BCUT2D eigenvalue weighted by atomic mass is 16.5. The SMILES string of the molecule is COCCn1cnnc1C1CCCN1C. The van der Waals surface area contributed by atoms with E-state index in [9.17, 15) is 0 Å². The number of aromatic nitrogens is 3. The van der Waals surface area contributed by atoms with E-state index >= 15 is 0 Å². The van der Waals surface area contributed by atoms with Crippen molar-refractivity contribution in [2.75, 3.05) is 27.3 Å². The summed E-state index contributed by atoms with van der Waals surface area (Å²) >= 11 is 0. The Morgan fingerprint density at radius 2 is 2.47 bits per heavy atom. The fourth-order valence-corrected chi connectivity index (χ4v) is 2.12. The van der Waals surface area contributed by atoms with Crippen molar-refractivity contribution < 1.29 is 4.74 Å². The highest BCUT2D eigenvalue weighted by Gasteiger charge is 2.26. The molecule has 1 atom stereocenters. The molecule has 5 nitrogen and oxygen atoms in total. The van der Waals surface area contributed by atoms with Gasteiger partial charge >= 0.3 is 0 Å². The Labute approximate surface area is 90.0 Å². The van der Waals surface area contributed by atoms with Gasteiger partial charge in [0.2, 0.25) is 0 Å². The second kappa shape index (κ2) is 4.72. The summed E-state index contributed by atoms with van der Waals surface area (Å²) in [5, 5.41) is 8.20. The van der Waals surface area contributed by atoms with Gasteiger partial charge in [-0.3, -0.25) is 4.90 Å². The van der Waals surface area contributed by atoms with Crippen LogP contribution in [0, 0.1) is 0 Å². The molecular weight excluding hydrogens is 192 g/mol. The first-order valence-electron chi connectivity index (χ1n) is 5.40. The Kier molecular flexibility index (Phi) is 3.33. The van der Waals surface area contributed by atoms with Crippen LogP contribution in [0.25, 0.3) is 0 Å². The van der Waals surface area contributed by atoms with Gasteiger partial charge in [0.1, 0.15) is 12.2 Å². The molecule has 2 rings (SSSR count). The van der Waals surface area contributed by atoms with Gasteiger partial charge < -0.3 is 9.30 Å². The molecule has 0 bridgehead atoms. The standard InChI is InChI=1S/C10H18N4O/c1-13-5-3-4-9(13)10-12-11-8-14(10)6-7-15-2/h8-9H,3-7H2,1-2H3. The van der Waals surface area contributed by atoms with Gasteiger partial charge in [-0.1, -0.05) is 0 Å². The minimum atomic E-state index is 0.435. The van der Waals surface area contributed by atoms with Crippen molar-refractivity contribution in [1.82, 2.24) is 19.7 Å². The predicted molar refractivity (Wildman–Crippen MR) is 56.5 cm³/mol. The van der Waals surface area contributed by atoms with Crippen molar-refractivity contribution in [3.63, 3.8) is 0 Å². The highest BCUT2D eigenvalue weighted by Crippen LogP contribution is 2.28. The molecule has 1 aromatic rings. The van der Waals surface area contributed by atoms with Crippen molar-refractivity contribution in [3.05, 3.63) is 12.2 Å². The molecular formula is C10H18N4O. The predicted octanol–water partition coefficient (Wildman–Crippen LogP) is 0.691. The van der Waals surface area contributed by atoms with Crippen molar-refractivity contribution in [2.24, 2.45) is 0 Å². The molecule has 1 aromatic heterocycles. The van der Waals surface area contributed by atoms with E-state index in [0.29, 0.717) is 12.6 Å².